The maximum Gasteiger partial charge on any atom is 0.103 e. The molecular formula is C13H28O6. The van der Waals surface area contributed by atoms with Crippen molar-refractivity contribution in [2.75, 3.05) is 20.3 Å². The summed E-state index contributed by atoms with van der Waals surface area (Å²) in [6, 6.07) is 0. The van der Waals surface area contributed by atoms with Gasteiger partial charge in [-0.15, -0.1) is 0 Å². The second-order valence-corrected chi connectivity index (χ2v) is 5.66. The summed E-state index contributed by atoms with van der Waals surface area (Å²) < 4.78 is 4.87. The maximum absolute atomic E-state index is 10.1. The normalized spacial score (nSPS) is 23.2. The van der Waals surface area contributed by atoms with Gasteiger partial charge in [-0.25, -0.2) is 0 Å². The van der Waals surface area contributed by atoms with E-state index in [1.807, 2.05) is 0 Å². The summed E-state index contributed by atoms with van der Waals surface area (Å²) in [4.78, 5) is 0. The molecule has 0 amide bonds. The number of hydrogen-bond donors (Lipinski definition) is 5. The van der Waals surface area contributed by atoms with Crippen molar-refractivity contribution in [1.29, 1.82) is 0 Å². The molecule has 5 N–H and O–H groups in total. The van der Waals surface area contributed by atoms with Crippen molar-refractivity contribution in [2.24, 2.45) is 11.8 Å². The van der Waals surface area contributed by atoms with Gasteiger partial charge in [0.05, 0.1) is 31.0 Å². The lowest BCUT2D eigenvalue weighted by atomic mass is 9.81. The average Bonchev–Trinajstić information content (AvgIpc) is 2.34. The highest BCUT2D eigenvalue weighted by Gasteiger charge is 2.34. The third-order valence-electron chi connectivity index (χ3n) is 3.66. The van der Waals surface area contributed by atoms with E-state index in [-0.39, 0.29) is 18.9 Å². The first kappa shape index (κ1) is 18.8. The Morgan fingerprint density at radius 2 is 1.58 bits per heavy atom. The maximum atomic E-state index is 10.1. The summed E-state index contributed by atoms with van der Waals surface area (Å²) in [5, 5.41) is 48.0. The van der Waals surface area contributed by atoms with E-state index in [0.717, 1.165) is 0 Å². The minimum Gasteiger partial charge on any atom is -0.394 e. The molecule has 0 aliphatic carbocycles. The molecule has 0 aromatic rings. The third kappa shape index (κ3) is 6.16. The van der Waals surface area contributed by atoms with Crippen LogP contribution in [-0.2, 0) is 4.74 Å². The van der Waals surface area contributed by atoms with E-state index in [1.54, 1.807) is 20.8 Å². The molecular weight excluding hydrogens is 252 g/mol. The number of methoxy groups -OCH3 is 1. The van der Waals surface area contributed by atoms with Crippen LogP contribution < -0.4 is 0 Å². The van der Waals surface area contributed by atoms with Crippen molar-refractivity contribution < 1.29 is 30.3 Å². The summed E-state index contributed by atoms with van der Waals surface area (Å²) in [6.07, 6.45) is -3.10. The van der Waals surface area contributed by atoms with Gasteiger partial charge in [0, 0.05) is 13.5 Å². The van der Waals surface area contributed by atoms with Gasteiger partial charge >= 0.3 is 0 Å². The smallest absolute Gasteiger partial charge is 0.103 e. The largest absolute Gasteiger partial charge is 0.394 e. The van der Waals surface area contributed by atoms with Gasteiger partial charge in [-0.2, -0.15) is 0 Å². The Bertz CT molecular complexity index is 245. The highest BCUT2D eigenvalue weighted by atomic mass is 16.5. The molecule has 6 heteroatoms. The van der Waals surface area contributed by atoms with Crippen molar-refractivity contribution in [3.8, 4) is 0 Å². The van der Waals surface area contributed by atoms with E-state index < -0.39 is 36.4 Å². The van der Waals surface area contributed by atoms with Gasteiger partial charge in [0.1, 0.15) is 6.10 Å². The number of ether oxygens (including phenoxy) is 1. The Balaban J connectivity index is 4.51. The molecule has 0 aromatic heterocycles. The molecule has 0 fully saturated rings. The lowest BCUT2D eigenvalue weighted by Gasteiger charge is -2.34. The van der Waals surface area contributed by atoms with Crippen LogP contribution in [0, 0.1) is 11.8 Å². The quantitative estimate of drug-likeness (QED) is 0.375. The first-order chi connectivity index (χ1) is 8.66. The van der Waals surface area contributed by atoms with Crippen molar-refractivity contribution in [3.63, 3.8) is 0 Å². The van der Waals surface area contributed by atoms with Gasteiger partial charge < -0.3 is 30.3 Å². The van der Waals surface area contributed by atoms with Gasteiger partial charge in [-0.05, 0) is 18.8 Å². The molecule has 0 saturated carbocycles. The number of hydrogen-bond acceptors (Lipinski definition) is 6. The van der Waals surface area contributed by atoms with Crippen LogP contribution in [0.1, 0.15) is 27.2 Å². The molecule has 6 nitrogen and oxygen atoms in total. The second kappa shape index (κ2) is 8.14. The van der Waals surface area contributed by atoms with Crippen molar-refractivity contribution in [2.45, 2.75) is 51.1 Å². The summed E-state index contributed by atoms with van der Waals surface area (Å²) >= 11 is 0. The third-order valence-corrected chi connectivity index (χ3v) is 3.66. The zero-order chi connectivity index (χ0) is 15.2. The minimum atomic E-state index is -1.23. The minimum absolute atomic E-state index is 0.104. The standard InChI is InChI=1S/C13H28O6/c1-8(9(2)12(17)11(16)6-14)10(15)5-13(3,18)7-19-4/h8-12,14-18H,5-7H2,1-4H3/t8-,9?,10?,11+,12-,13+/m0/s1. The molecule has 0 aromatic carbocycles. The van der Waals surface area contributed by atoms with Crippen molar-refractivity contribution in [1.82, 2.24) is 0 Å². The molecule has 0 saturated heterocycles. The molecule has 19 heavy (non-hydrogen) atoms. The monoisotopic (exact) mass is 280 g/mol. The molecule has 0 aliphatic heterocycles. The highest BCUT2D eigenvalue weighted by molar-refractivity contribution is 4.84. The van der Waals surface area contributed by atoms with Crippen LogP contribution in [0.25, 0.3) is 0 Å². The fourth-order valence-corrected chi connectivity index (χ4v) is 2.13. The molecule has 0 bridgehead atoms. The fraction of sp³-hybridized carbons (Fsp3) is 1.00. The average molecular weight is 280 g/mol. The topological polar surface area (TPSA) is 110 Å². The van der Waals surface area contributed by atoms with Gasteiger partial charge in [0.2, 0.25) is 0 Å². The summed E-state index contributed by atoms with van der Waals surface area (Å²) in [5.41, 5.74) is -1.15. The Morgan fingerprint density at radius 1 is 1.05 bits per heavy atom. The lowest BCUT2D eigenvalue weighted by Crippen LogP contribution is -2.43. The van der Waals surface area contributed by atoms with Crippen LogP contribution in [-0.4, -0.2) is 69.8 Å². The van der Waals surface area contributed by atoms with Crippen LogP contribution in [0.2, 0.25) is 0 Å². The van der Waals surface area contributed by atoms with E-state index in [2.05, 4.69) is 0 Å². The predicted octanol–water partition coefficient (Wildman–Crippen LogP) is -0.879. The zero-order valence-electron chi connectivity index (χ0n) is 12.2. The van der Waals surface area contributed by atoms with Crippen molar-refractivity contribution in [3.05, 3.63) is 0 Å². The molecule has 0 heterocycles. The fourth-order valence-electron chi connectivity index (χ4n) is 2.13. The SMILES string of the molecule is COC[C@](C)(O)CC(O)[C@@H](C)C(C)[C@H](O)[C@H](O)CO. The zero-order valence-corrected chi connectivity index (χ0v) is 12.2. The van der Waals surface area contributed by atoms with Crippen LogP contribution in [0.3, 0.4) is 0 Å². The van der Waals surface area contributed by atoms with E-state index in [1.165, 1.54) is 7.11 Å². The Hall–Kier alpha value is -0.240. The van der Waals surface area contributed by atoms with Crippen LogP contribution in [0.5, 0.6) is 0 Å². The summed E-state index contributed by atoms with van der Waals surface area (Å²) in [7, 11) is 1.47. The van der Waals surface area contributed by atoms with Crippen LogP contribution in [0.4, 0.5) is 0 Å². The Kier molecular flexibility index (Phi) is 8.03. The Labute approximate surface area is 114 Å². The van der Waals surface area contributed by atoms with E-state index >= 15 is 0 Å². The van der Waals surface area contributed by atoms with Crippen molar-refractivity contribution >= 4 is 0 Å². The number of aliphatic hydroxyl groups is 5. The summed E-state index contributed by atoms with van der Waals surface area (Å²) in [5.74, 6) is -0.768. The first-order valence-electron chi connectivity index (χ1n) is 6.52. The predicted molar refractivity (Wildman–Crippen MR) is 70.6 cm³/mol. The first-order valence-corrected chi connectivity index (χ1v) is 6.52. The van der Waals surface area contributed by atoms with E-state index in [0.29, 0.717) is 0 Å². The highest BCUT2D eigenvalue weighted by Crippen LogP contribution is 2.26. The second-order valence-electron chi connectivity index (χ2n) is 5.66. The molecule has 0 radical (unpaired) electrons. The van der Waals surface area contributed by atoms with E-state index in [4.69, 9.17) is 9.84 Å². The molecule has 2 unspecified atom stereocenters. The summed E-state index contributed by atoms with van der Waals surface area (Å²) in [6.45, 7) is 4.55. The van der Waals surface area contributed by atoms with Gasteiger partial charge in [-0.1, -0.05) is 13.8 Å². The number of rotatable bonds is 9. The molecule has 0 rings (SSSR count). The molecule has 6 atom stereocenters. The molecule has 0 spiro atoms. The lowest BCUT2D eigenvalue weighted by molar-refractivity contribution is -0.0885. The Morgan fingerprint density at radius 3 is 2.00 bits per heavy atom. The van der Waals surface area contributed by atoms with Gasteiger partial charge in [0.25, 0.3) is 0 Å². The van der Waals surface area contributed by atoms with Crippen LogP contribution >= 0.6 is 0 Å². The van der Waals surface area contributed by atoms with Gasteiger partial charge in [0.15, 0.2) is 0 Å². The molecule has 116 valence electrons. The number of aliphatic hydroxyl groups excluding tert-OH is 4. The van der Waals surface area contributed by atoms with E-state index in [9.17, 15) is 20.4 Å². The molecule has 0 aliphatic rings. The van der Waals surface area contributed by atoms with Gasteiger partial charge in [-0.3, -0.25) is 0 Å². The van der Waals surface area contributed by atoms with Crippen LogP contribution in [0.15, 0.2) is 0 Å².